The SMILES string of the molecule is CCn1ccc(=O)c2cc(F)c(C(=O)O)cc21. The van der Waals surface area contributed by atoms with Crippen molar-refractivity contribution in [3.05, 3.63) is 46.0 Å². The van der Waals surface area contributed by atoms with Crippen LogP contribution in [-0.2, 0) is 6.54 Å². The van der Waals surface area contributed by atoms with Crippen LogP contribution in [0.15, 0.2) is 29.2 Å². The standard InChI is InChI=1S/C12H10FNO3/c1-2-14-4-3-11(15)8-5-9(13)7(12(16)17)6-10(8)14/h3-6H,2H2,1H3,(H,16,17). The Morgan fingerprint density at radius 2 is 2.18 bits per heavy atom. The van der Waals surface area contributed by atoms with Crippen molar-refractivity contribution in [3.63, 3.8) is 0 Å². The molecule has 1 N–H and O–H groups in total. The average Bonchev–Trinajstić information content (AvgIpc) is 2.29. The van der Waals surface area contributed by atoms with Crippen LogP contribution in [0, 0.1) is 5.82 Å². The smallest absolute Gasteiger partial charge is 0.338 e. The Morgan fingerprint density at radius 1 is 1.47 bits per heavy atom. The number of aryl methyl sites for hydroxylation is 1. The third kappa shape index (κ3) is 1.80. The molecule has 1 aromatic heterocycles. The highest BCUT2D eigenvalue weighted by molar-refractivity contribution is 5.93. The molecule has 17 heavy (non-hydrogen) atoms. The zero-order chi connectivity index (χ0) is 12.6. The monoisotopic (exact) mass is 235 g/mol. The Bertz CT molecular complexity index is 661. The number of benzene rings is 1. The molecule has 2 rings (SSSR count). The van der Waals surface area contributed by atoms with Gasteiger partial charge in [0.05, 0.1) is 11.1 Å². The molecule has 0 aliphatic carbocycles. The lowest BCUT2D eigenvalue weighted by molar-refractivity contribution is 0.0692. The predicted molar refractivity (Wildman–Crippen MR) is 60.8 cm³/mol. The summed E-state index contributed by atoms with van der Waals surface area (Å²) >= 11 is 0. The maximum Gasteiger partial charge on any atom is 0.338 e. The normalized spacial score (nSPS) is 10.7. The van der Waals surface area contributed by atoms with E-state index in [2.05, 4.69) is 0 Å². The number of carbonyl (C=O) groups is 1. The van der Waals surface area contributed by atoms with Crippen molar-refractivity contribution in [3.8, 4) is 0 Å². The van der Waals surface area contributed by atoms with E-state index in [0.717, 1.165) is 6.07 Å². The fourth-order valence-corrected chi connectivity index (χ4v) is 1.76. The van der Waals surface area contributed by atoms with Gasteiger partial charge >= 0.3 is 5.97 Å². The van der Waals surface area contributed by atoms with Gasteiger partial charge in [-0.1, -0.05) is 0 Å². The summed E-state index contributed by atoms with van der Waals surface area (Å²) in [4.78, 5) is 22.4. The fraction of sp³-hybridized carbons (Fsp3) is 0.167. The first-order chi connectivity index (χ1) is 8.04. The number of hydrogen-bond acceptors (Lipinski definition) is 2. The molecular weight excluding hydrogens is 225 g/mol. The van der Waals surface area contributed by atoms with Gasteiger partial charge in [-0.25, -0.2) is 9.18 Å². The van der Waals surface area contributed by atoms with Crippen LogP contribution < -0.4 is 5.43 Å². The summed E-state index contributed by atoms with van der Waals surface area (Å²) in [5.74, 6) is -2.24. The minimum absolute atomic E-state index is 0.192. The summed E-state index contributed by atoms with van der Waals surface area (Å²) < 4.78 is 15.2. The molecule has 0 spiro atoms. The van der Waals surface area contributed by atoms with Crippen LogP contribution in [0.3, 0.4) is 0 Å². The molecule has 0 saturated carbocycles. The van der Waals surface area contributed by atoms with Gasteiger partial charge in [0.15, 0.2) is 5.43 Å². The van der Waals surface area contributed by atoms with E-state index in [0.29, 0.717) is 12.1 Å². The van der Waals surface area contributed by atoms with Gasteiger partial charge in [0.2, 0.25) is 0 Å². The largest absolute Gasteiger partial charge is 0.478 e. The van der Waals surface area contributed by atoms with Crippen LogP contribution in [-0.4, -0.2) is 15.6 Å². The summed E-state index contributed by atoms with van der Waals surface area (Å²) in [5.41, 5.74) is -0.315. The molecule has 0 unspecified atom stereocenters. The number of fused-ring (bicyclic) bond motifs is 1. The number of hydrogen-bond donors (Lipinski definition) is 1. The van der Waals surface area contributed by atoms with Gasteiger partial charge in [0.1, 0.15) is 5.82 Å². The van der Waals surface area contributed by atoms with Crippen LogP contribution in [0.5, 0.6) is 0 Å². The van der Waals surface area contributed by atoms with Crippen LogP contribution in [0.1, 0.15) is 17.3 Å². The molecule has 0 atom stereocenters. The van der Waals surface area contributed by atoms with E-state index in [-0.39, 0.29) is 10.8 Å². The Hall–Kier alpha value is -2.17. The molecule has 5 heteroatoms. The van der Waals surface area contributed by atoms with Crippen LogP contribution in [0.25, 0.3) is 10.9 Å². The van der Waals surface area contributed by atoms with Gasteiger partial charge < -0.3 is 9.67 Å². The molecule has 0 aliphatic heterocycles. The number of rotatable bonds is 2. The summed E-state index contributed by atoms with van der Waals surface area (Å²) in [7, 11) is 0. The first-order valence-corrected chi connectivity index (χ1v) is 5.10. The highest BCUT2D eigenvalue weighted by Gasteiger charge is 2.13. The molecule has 0 aliphatic rings. The summed E-state index contributed by atoms with van der Waals surface area (Å²) in [5, 5.41) is 9.02. The molecule has 1 heterocycles. The van der Waals surface area contributed by atoms with Crippen molar-refractivity contribution in [2.75, 3.05) is 0 Å². The Balaban J connectivity index is 2.92. The number of carboxylic acid groups (broad SMARTS) is 1. The maximum atomic E-state index is 13.5. The van der Waals surface area contributed by atoms with E-state index in [4.69, 9.17) is 5.11 Å². The number of aromatic carboxylic acids is 1. The lowest BCUT2D eigenvalue weighted by atomic mass is 10.1. The van der Waals surface area contributed by atoms with Gasteiger partial charge in [-0.15, -0.1) is 0 Å². The Kier molecular flexibility index (Phi) is 2.67. The zero-order valence-electron chi connectivity index (χ0n) is 9.11. The molecule has 0 radical (unpaired) electrons. The highest BCUT2D eigenvalue weighted by Crippen LogP contribution is 2.17. The van der Waals surface area contributed by atoms with E-state index in [1.54, 1.807) is 10.8 Å². The number of carboxylic acids is 1. The van der Waals surface area contributed by atoms with Gasteiger partial charge in [-0.2, -0.15) is 0 Å². The third-order valence-corrected chi connectivity index (χ3v) is 2.64. The number of nitrogens with zero attached hydrogens (tertiary/aromatic N) is 1. The van der Waals surface area contributed by atoms with E-state index < -0.39 is 17.3 Å². The van der Waals surface area contributed by atoms with Gasteiger partial charge in [0.25, 0.3) is 0 Å². The van der Waals surface area contributed by atoms with Crippen molar-refractivity contribution in [1.29, 1.82) is 0 Å². The van der Waals surface area contributed by atoms with Crippen molar-refractivity contribution < 1.29 is 14.3 Å². The first-order valence-electron chi connectivity index (χ1n) is 5.10. The number of aromatic nitrogens is 1. The molecule has 88 valence electrons. The zero-order valence-corrected chi connectivity index (χ0v) is 9.11. The molecule has 1 aromatic carbocycles. The summed E-state index contributed by atoms with van der Waals surface area (Å²) in [6.07, 6.45) is 1.56. The molecule has 0 fully saturated rings. The van der Waals surface area contributed by atoms with Crippen molar-refractivity contribution in [2.24, 2.45) is 0 Å². The second-order valence-electron chi connectivity index (χ2n) is 3.62. The molecule has 0 saturated heterocycles. The van der Waals surface area contributed by atoms with E-state index in [9.17, 15) is 14.0 Å². The molecule has 0 bridgehead atoms. The molecule has 2 aromatic rings. The topological polar surface area (TPSA) is 59.3 Å². The number of pyridine rings is 1. The van der Waals surface area contributed by atoms with Gasteiger partial charge in [-0.3, -0.25) is 4.79 Å². The minimum atomic E-state index is -1.34. The highest BCUT2D eigenvalue weighted by atomic mass is 19.1. The van der Waals surface area contributed by atoms with Gasteiger partial charge in [-0.05, 0) is 19.1 Å². The molecule has 0 amide bonds. The number of halogens is 1. The Labute approximate surface area is 95.9 Å². The van der Waals surface area contributed by atoms with Gasteiger partial charge in [0, 0.05) is 24.2 Å². The van der Waals surface area contributed by atoms with Crippen LogP contribution in [0.2, 0.25) is 0 Å². The van der Waals surface area contributed by atoms with E-state index in [1.807, 2.05) is 6.92 Å². The quantitative estimate of drug-likeness (QED) is 0.864. The van der Waals surface area contributed by atoms with E-state index in [1.165, 1.54) is 12.1 Å². The van der Waals surface area contributed by atoms with Crippen LogP contribution >= 0.6 is 0 Å². The summed E-state index contributed by atoms with van der Waals surface area (Å²) in [6.45, 7) is 2.43. The fourth-order valence-electron chi connectivity index (χ4n) is 1.76. The predicted octanol–water partition coefficient (Wildman–Crippen LogP) is 1.86. The second kappa shape index (κ2) is 4.01. The van der Waals surface area contributed by atoms with Crippen molar-refractivity contribution in [2.45, 2.75) is 13.5 Å². The average molecular weight is 235 g/mol. The van der Waals surface area contributed by atoms with Crippen molar-refractivity contribution in [1.82, 2.24) is 4.57 Å². The maximum absolute atomic E-state index is 13.5. The molecular formula is C12H10FNO3. The van der Waals surface area contributed by atoms with Crippen molar-refractivity contribution >= 4 is 16.9 Å². The molecule has 4 nitrogen and oxygen atoms in total. The Morgan fingerprint density at radius 3 is 2.76 bits per heavy atom. The first kappa shape index (κ1) is 11.3. The lowest BCUT2D eigenvalue weighted by Gasteiger charge is -2.09. The van der Waals surface area contributed by atoms with E-state index >= 15 is 0 Å². The van der Waals surface area contributed by atoms with Crippen LogP contribution in [0.4, 0.5) is 4.39 Å². The summed E-state index contributed by atoms with van der Waals surface area (Å²) in [6, 6.07) is 3.51. The lowest BCUT2D eigenvalue weighted by Crippen LogP contribution is -2.10. The second-order valence-corrected chi connectivity index (χ2v) is 3.62. The minimum Gasteiger partial charge on any atom is -0.478 e. The third-order valence-electron chi connectivity index (χ3n) is 2.64.